The average Bonchev–Trinajstić information content (AvgIpc) is 2.17. The highest BCUT2D eigenvalue weighted by Crippen LogP contribution is 2.43. The molecule has 1 aliphatic rings. The smallest absolute Gasteiger partial charge is 0.306 e. The molecule has 1 rings (SSSR count). The van der Waals surface area contributed by atoms with Crippen molar-refractivity contribution in [2.24, 2.45) is 11.1 Å². The Hall–Kier alpha value is -0.610. The summed E-state index contributed by atoms with van der Waals surface area (Å²) in [5.41, 5.74) is 5.54. The van der Waals surface area contributed by atoms with Gasteiger partial charge in [0.15, 0.2) is 0 Å². The predicted molar refractivity (Wildman–Crippen MR) is 66.6 cm³/mol. The average molecular weight is 243 g/mol. The first-order chi connectivity index (χ1) is 7.87. The van der Waals surface area contributed by atoms with Crippen LogP contribution in [0.1, 0.15) is 46.5 Å². The van der Waals surface area contributed by atoms with E-state index in [2.05, 4.69) is 0 Å². The van der Waals surface area contributed by atoms with Gasteiger partial charge in [0.2, 0.25) is 0 Å². The molecule has 0 atom stereocenters. The number of ether oxygens (including phenoxy) is 2. The summed E-state index contributed by atoms with van der Waals surface area (Å²) in [5.74, 6) is -0.146. The third-order valence-corrected chi connectivity index (χ3v) is 3.25. The second-order valence-corrected chi connectivity index (χ2v) is 5.92. The van der Waals surface area contributed by atoms with Gasteiger partial charge in [0.25, 0.3) is 0 Å². The van der Waals surface area contributed by atoms with Crippen LogP contribution in [0.4, 0.5) is 0 Å². The van der Waals surface area contributed by atoms with E-state index in [1.807, 2.05) is 20.8 Å². The van der Waals surface area contributed by atoms with E-state index in [-0.39, 0.29) is 17.0 Å². The highest BCUT2D eigenvalue weighted by Gasteiger charge is 2.38. The third kappa shape index (κ3) is 5.04. The largest absolute Gasteiger partial charge is 0.463 e. The molecule has 4 heteroatoms. The van der Waals surface area contributed by atoms with Crippen molar-refractivity contribution in [1.82, 2.24) is 0 Å². The minimum absolute atomic E-state index is 0.0297. The summed E-state index contributed by atoms with van der Waals surface area (Å²) in [6.45, 7) is 7.30. The van der Waals surface area contributed by atoms with Crippen molar-refractivity contribution in [3.63, 3.8) is 0 Å². The van der Waals surface area contributed by atoms with Crippen LogP contribution in [0.25, 0.3) is 0 Å². The quantitative estimate of drug-likeness (QED) is 0.571. The van der Waals surface area contributed by atoms with E-state index >= 15 is 0 Å². The van der Waals surface area contributed by atoms with Crippen molar-refractivity contribution in [1.29, 1.82) is 0 Å². The molecule has 0 aliphatic heterocycles. The van der Waals surface area contributed by atoms with E-state index in [1.165, 1.54) is 6.42 Å². The van der Waals surface area contributed by atoms with Gasteiger partial charge in [-0.3, -0.25) is 4.79 Å². The summed E-state index contributed by atoms with van der Waals surface area (Å²) in [7, 11) is 0. The van der Waals surface area contributed by atoms with Crippen LogP contribution >= 0.6 is 0 Å². The first kappa shape index (κ1) is 14.5. The van der Waals surface area contributed by atoms with E-state index in [9.17, 15) is 4.79 Å². The van der Waals surface area contributed by atoms with Crippen LogP contribution in [0, 0.1) is 5.41 Å². The number of nitrogens with two attached hydrogens (primary N) is 1. The van der Waals surface area contributed by atoms with Crippen LogP contribution < -0.4 is 5.73 Å². The first-order valence-electron chi connectivity index (χ1n) is 6.37. The van der Waals surface area contributed by atoms with Crippen LogP contribution in [-0.2, 0) is 14.3 Å². The van der Waals surface area contributed by atoms with Gasteiger partial charge < -0.3 is 15.2 Å². The van der Waals surface area contributed by atoms with Gasteiger partial charge in [-0.1, -0.05) is 6.42 Å². The lowest BCUT2D eigenvalue weighted by molar-refractivity contribution is -0.151. The van der Waals surface area contributed by atoms with Crippen LogP contribution in [0.15, 0.2) is 0 Å². The number of carbonyl (C=O) groups excluding carboxylic acids is 1. The zero-order chi connectivity index (χ0) is 12.9. The lowest BCUT2D eigenvalue weighted by Crippen LogP contribution is -2.39. The van der Waals surface area contributed by atoms with Crippen molar-refractivity contribution in [2.75, 3.05) is 19.8 Å². The molecule has 0 spiro atoms. The molecule has 0 heterocycles. The standard InChI is InChI=1S/C13H25NO3/c1-12(2,3)17-8-7-16-11(15)9-13(10-14)5-4-6-13/h4-10,14H2,1-3H3. The van der Waals surface area contributed by atoms with E-state index in [4.69, 9.17) is 15.2 Å². The summed E-state index contributed by atoms with van der Waals surface area (Å²) >= 11 is 0. The monoisotopic (exact) mass is 243 g/mol. The Kier molecular flexibility index (Phi) is 4.95. The molecule has 0 amide bonds. The number of hydrogen-bond acceptors (Lipinski definition) is 4. The second kappa shape index (κ2) is 5.83. The van der Waals surface area contributed by atoms with Crippen LogP contribution in [-0.4, -0.2) is 31.3 Å². The van der Waals surface area contributed by atoms with E-state index in [1.54, 1.807) is 0 Å². The molecule has 0 aromatic rings. The zero-order valence-corrected chi connectivity index (χ0v) is 11.3. The van der Waals surface area contributed by atoms with Crippen LogP contribution in [0.5, 0.6) is 0 Å². The Morgan fingerprint density at radius 2 is 1.94 bits per heavy atom. The summed E-state index contributed by atoms with van der Waals surface area (Å²) in [6.07, 6.45) is 3.74. The molecule has 1 aliphatic carbocycles. The minimum Gasteiger partial charge on any atom is -0.463 e. The molecule has 0 aromatic heterocycles. The molecular weight excluding hydrogens is 218 g/mol. The summed E-state index contributed by atoms with van der Waals surface area (Å²) in [4.78, 5) is 11.6. The molecule has 0 aromatic carbocycles. The summed E-state index contributed by atoms with van der Waals surface area (Å²) in [6, 6.07) is 0. The van der Waals surface area contributed by atoms with Crippen molar-refractivity contribution >= 4 is 5.97 Å². The number of hydrogen-bond donors (Lipinski definition) is 1. The van der Waals surface area contributed by atoms with Crippen LogP contribution in [0.3, 0.4) is 0 Å². The fourth-order valence-electron chi connectivity index (χ4n) is 1.99. The van der Waals surface area contributed by atoms with Gasteiger partial charge in [-0.15, -0.1) is 0 Å². The van der Waals surface area contributed by atoms with Gasteiger partial charge in [-0.2, -0.15) is 0 Å². The Morgan fingerprint density at radius 3 is 2.35 bits per heavy atom. The fraction of sp³-hybridized carbons (Fsp3) is 0.923. The van der Waals surface area contributed by atoms with Crippen molar-refractivity contribution in [3.05, 3.63) is 0 Å². The Bertz CT molecular complexity index is 248. The van der Waals surface area contributed by atoms with Gasteiger partial charge in [-0.25, -0.2) is 0 Å². The molecule has 17 heavy (non-hydrogen) atoms. The molecule has 2 N–H and O–H groups in total. The Balaban J connectivity index is 2.13. The minimum atomic E-state index is -0.182. The fourth-order valence-corrected chi connectivity index (χ4v) is 1.99. The highest BCUT2D eigenvalue weighted by atomic mass is 16.6. The van der Waals surface area contributed by atoms with Crippen molar-refractivity contribution in [2.45, 2.75) is 52.1 Å². The maximum Gasteiger partial charge on any atom is 0.306 e. The molecule has 0 bridgehead atoms. The maximum absolute atomic E-state index is 11.6. The first-order valence-corrected chi connectivity index (χ1v) is 6.37. The summed E-state index contributed by atoms with van der Waals surface area (Å²) in [5, 5.41) is 0. The molecule has 1 saturated carbocycles. The van der Waals surface area contributed by atoms with E-state index in [0.717, 1.165) is 12.8 Å². The van der Waals surface area contributed by atoms with Gasteiger partial charge in [0, 0.05) is 0 Å². The second-order valence-electron chi connectivity index (χ2n) is 5.92. The maximum atomic E-state index is 11.6. The number of esters is 1. The molecule has 100 valence electrons. The number of carbonyl (C=O) groups is 1. The van der Waals surface area contributed by atoms with Gasteiger partial charge >= 0.3 is 5.97 Å². The molecular formula is C13H25NO3. The van der Waals surface area contributed by atoms with Gasteiger partial charge in [0.05, 0.1) is 18.6 Å². The van der Waals surface area contributed by atoms with Gasteiger partial charge in [0.1, 0.15) is 6.61 Å². The van der Waals surface area contributed by atoms with E-state index in [0.29, 0.717) is 26.2 Å². The topological polar surface area (TPSA) is 61.5 Å². The molecule has 0 unspecified atom stereocenters. The van der Waals surface area contributed by atoms with E-state index < -0.39 is 0 Å². The van der Waals surface area contributed by atoms with Crippen molar-refractivity contribution < 1.29 is 14.3 Å². The Labute approximate surface area is 104 Å². The summed E-state index contributed by atoms with van der Waals surface area (Å²) < 4.78 is 10.6. The van der Waals surface area contributed by atoms with Crippen LogP contribution in [0.2, 0.25) is 0 Å². The Morgan fingerprint density at radius 1 is 1.29 bits per heavy atom. The third-order valence-electron chi connectivity index (χ3n) is 3.25. The molecule has 1 fully saturated rings. The molecule has 4 nitrogen and oxygen atoms in total. The predicted octanol–water partition coefficient (Wildman–Crippen LogP) is 1.86. The molecule has 0 radical (unpaired) electrons. The lowest BCUT2D eigenvalue weighted by Gasteiger charge is -2.40. The SMILES string of the molecule is CC(C)(C)OCCOC(=O)CC1(CN)CCC1. The zero-order valence-electron chi connectivity index (χ0n) is 11.3. The lowest BCUT2D eigenvalue weighted by atomic mass is 9.67. The number of rotatable bonds is 6. The molecule has 0 saturated heterocycles. The normalized spacial score (nSPS) is 18.6. The highest BCUT2D eigenvalue weighted by molar-refractivity contribution is 5.70. The van der Waals surface area contributed by atoms with Crippen molar-refractivity contribution in [3.8, 4) is 0 Å². The van der Waals surface area contributed by atoms with Gasteiger partial charge in [-0.05, 0) is 45.6 Å².